The van der Waals surface area contributed by atoms with Gasteiger partial charge in [0.25, 0.3) is 0 Å². The lowest BCUT2D eigenvalue weighted by atomic mass is 10.3. The second-order valence-corrected chi connectivity index (χ2v) is 7.69. The van der Waals surface area contributed by atoms with Crippen molar-refractivity contribution >= 4 is 37.6 Å². The average molecular weight is 318 g/mol. The van der Waals surface area contributed by atoms with Gasteiger partial charge in [0.2, 0.25) is 0 Å². The topological polar surface area (TPSA) is 80.5 Å². The Hall–Kier alpha value is -1.08. The molecule has 1 rings (SSSR count). The second-order valence-electron chi connectivity index (χ2n) is 4.74. The first kappa shape index (κ1) is 17.0. The smallest absolute Gasteiger partial charge is 0.180 e. The van der Waals surface area contributed by atoms with Crippen LogP contribution in [0.3, 0.4) is 0 Å². The number of nitrogens with two attached hydrogens (primary N) is 1. The van der Waals surface area contributed by atoms with Crippen LogP contribution in [-0.4, -0.2) is 33.5 Å². The van der Waals surface area contributed by atoms with E-state index in [1.54, 1.807) is 0 Å². The summed E-state index contributed by atoms with van der Waals surface area (Å²) in [6.45, 7) is 6.88. The summed E-state index contributed by atoms with van der Waals surface area (Å²) in [7, 11) is -3.47. The molecule has 2 N–H and O–H groups in total. The zero-order chi connectivity index (χ0) is 15.5. The van der Waals surface area contributed by atoms with Crippen molar-refractivity contribution in [2.45, 2.75) is 38.5 Å². The van der Waals surface area contributed by atoms with E-state index in [0.29, 0.717) is 16.4 Å². The fourth-order valence-electron chi connectivity index (χ4n) is 2.00. The highest BCUT2D eigenvalue weighted by molar-refractivity contribution is 7.91. The minimum Gasteiger partial charge on any atom is -0.396 e. The highest BCUT2D eigenvalue weighted by Gasteiger charge is 2.28. The van der Waals surface area contributed by atoms with Crippen LogP contribution in [0.1, 0.15) is 43.3 Å². The minimum atomic E-state index is -3.47. The Morgan fingerprint density at radius 2 is 1.95 bits per heavy atom. The predicted molar refractivity (Wildman–Crippen MR) is 84.6 cm³/mol. The summed E-state index contributed by atoms with van der Waals surface area (Å²) in [5.41, 5.74) is 5.99. The summed E-state index contributed by atoms with van der Waals surface area (Å²) < 4.78 is 24.0. The van der Waals surface area contributed by atoms with Gasteiger partial charge < -0.3 is 10.6 Å². The Labute approximate surface area is 124 Å². The van der Waals surface area contributed by atoms with Crippen LogP contribution in [0, 0.1) is 0 Å². The van der Waals surface area contributed by atoms with Crippen LogP contribution in [0.4, 0.5) is 10.7 Å². The van der Waals surface area contributed by atoms with Crippen LogP contribution < -0.4 is 10.6 Å². The molecule has 114 valence electrons. The molecular formula is C13H22N2O3S2. The summed E-state index contributed by atoms with van der Waals surface area (Å²) in [6, 6.07) is 0. The van der Waals surface area contributed by atoms with Gasteiger partial charge in [-0.05, 0) is 13.3 Å². The number of anilines is 2. The maximum atomic E-state index is 12.0. The fraction of sp³-hybridized carbons (Fsp3) is 0.615. The van der Waals surface area contributed by atoms with E-state index in [4.69, 9.17) is 5.73 Å². The summed E-state index contributed by atoms with van der Waals surface area (Å²) in [5.74, 6) is -0.199. The van der Waals surface area contributed by atoms with Crippen molar-refractivity contribution in [2.75, 3.05) is 30.0 Å². The zero-order valence-corrected chi connectivity index (χ0v) is 14.0. The van der Waals surface area contributed by atoms with E-state index in [2.05, 4.69) is 6.92 Å². The van der Waals surface area contributed by atoms with Gasteiger partial charge in [0.05, 0.1) is 10.6 Å². The molecule has 1 aromatic rings. The lowest BCUT2D eigenvalue weighted by molar-refractivity contribution is 0.102. The van der Waals surface area contributed by atoms with Crippen LogP contribution in [-0.2, 0) is 9.84 Å². The van der Waals surface area contributed by atoms with Crippen LogP contribution in [0.2, 0.25) is 0 Å². The third-order valence-electron chi connectivity index (χ3n) is 3.02. The first-order valence-corrected chi connectivity index (χ1v) is 9.32. The van der Waals surface area contributed by atoms with Gasteiger partial charge in [-0.2, -0.15) is 0 Å². The number of carbonyl (C=O) groups excluding carboxylic acids is 1. The maximum Gasteiger partial charge on any atom is 0.180 e. The Bertz CT molecular complexity index is 591. The van der Waals surface area contributed by atoms with Gasteiger partial charge >= 0.3 is 0 Å². The monoisotopic (exact) mass is 318 g/mol. The summed E-state index contributed by atoms with van der Waals surface area (Å²) in [4.78, 5) is 14.0. The molecule has 0 aromatic carbocycles. The normalized spacial score (nSPS) is 11.6. The molecule has 0 amide bonds. The molecule has 0 aliphatic carbocycles. The van der Waals surface area contributed by atoms with Crippen molar-refractivity contribution in [3.63, 3.8) is 0 Å². The molecule has 0 radical (unpaired) electrons. The number of carbonyl (C=O) groups is 1. The fourth-order valence-corrected chi connectivity index (χ4v) is 4.69. The molecular weight excluding hydrogens is 296 g/mol. The molecule has 0 bridgehead atoms. The molecule has 0 atom stereocenters. The lowest BCUT2D eigenvalue weighted by Crippen LogP contribution is -2.24. The van der Waals surface area contributed by atoms with E-state index in [1.165, 1.54) is 18.3 Å². The molecule has 0 saturated heterocycles. The van der Waals surface area contributed by atoms with E-state index in [1.807, 2.05) is 11.8 Å². The molecule has 5 nitrogen and oxygen atoms in total. The van der Waals surface area contributed by atoms with Crippen molar-refractivity contribution in [1.29, 1.82) is 0 Å². The number of thiophene rings is 1. The SMILES string of the molecule is CCCCN(CC)c1sc(C(C)=O)c(N)c1S(C)(=O)=O. The van der Waals surface area contributed by atoms with Gasteiger partial charge in [-0.25, -0.2) is 8.42 Å². The summed E-state index contributed by atoms with van der Waals surface area (Å²) in [6.07, 6.45) is 3.11. The van der Waals surface area contributed by atoms with Crippen molar-refractivity contribution in [1.82, 2.24) is 0 Å². The van der Waals surface area contributed by atoms with E-state index in [0.717, 1.165) is 25.6 Å². The standard InChI is InChI=1S/C13H22N2O3S2/c1-5-7-8-15(6-2)13-12(20(4,17)18)10(14)11(19-13)9(3)16/h5-8,14H2,1-4H3. The van der Waals surface area contributed by atoms with E-state index >= 15 is 0 Å². The summed E-state index contributed by atoms with van der Waals surface area (Å²) in [5, 5.41) is 0.589. The third-order valence-corrected chi connectivity index (χ3v) is 5.67. The Kier molecular flexibility index (Phi) is 5.59. The highest BCUT2D eigenvalue weighted by atomic mass is 32.2. The molecule has 0 saturated carbocycles. The second kappa shape index (κ2) is 6.58. The third kappa shape index (κ3) is 3.52. The van der Waals surface area contributed by atoms with Crippen LogP contribution in [0.25, 0.3) is 0 Å². The van der Waals surface area contributed by atoms with Crippen molar-refractivity contribution in [3.8, 4) is 0 Å². The van der Waals surface area contributed by atoms with E-state index in [9.17, 15) is 13.2 Å². The average Bonchev–Trinajstić information content (AvgIpc) is 2.68. The van der Waals surface area contributed by atoms with Crippen molar-refractivity contribution in [3.05, 3.63) is 4.88 Å². The van der Waals surface area contributed by atoms with Gasteiger partial charge in [-0.15, -0.1) is 11.3 Å². The molecule has 0 aliphatic heterocycles. The number of nitrogens with zero attached hydrogens (tertiary/aromatic N) is 1. The van der Waals surface area contributed by atoms with Crippen LogP contribution in [0.15, 0.2) is 4.90 Å². The number of sulfone groups is 1. The quantitative estimate of drug-likeness (QED) is 0.781. The first-order chi connectivity index (χ1) is 9.23. The molecule has 20 heavy (non-hydrogen) atoms. The molecule has 1 aromatic heterocycles. The Balaban J connectivity index is 3.44. The largest absolute Gasteiger partial charge is 0.396 e. The number of ketones is 1. The number of nitrogen functional groups attached to an aromatic ring is 1. The molecule has 1 heterocycles. The van der Waals surface area contributed by atoms with Crippen molar-refractivity contribution in [2.24, 2.45) is 0 Å². The first-order valence-electron chi connectivity index (χ1n) is 6.62. The van der Waals surface area contributed by atoms with Gasteiger partial charge in [0.15, 0.2) is 15.6 Å². The highest BCUT2D eigenvalue weighted by Crippen LogP contribution is 2.41. The number of hydrogen-bond donors (Lipinski definition) is 1. The van der Waals surface area contributed by atoms with Crippen molar-refractivity contribution < 1.29 is 13.2 Å². The number of unbranched alkanes of at least 4 members (excludes halogenated alkanes) is 1. The molecule has 0 unspecified atom stereocenters. The van der Waals surface area contributed by atoms with Gasteiger partial charge in [-0.3, -0.25) is 4.79 Å². The molecule has 0 aliphatic rings. The zero-order valence-electron chi connectivity index (χ0n) is 12.4. The maximum absolute atomic E-state index is 12.0. The van der Waals surface area contributed by atoms with Gasteiger partial charge in [0, 0.05) is 26.3 Å². The predicted octanol–water partition coefficient (Wildman–Crippen LogP) is 2.56. The Morgan fingerprint density at radius 3 is 2.35 bits per heavy atom. The Morgan fingerprint density at radius 1 is 1.35 bits per heavy atom. The molecule has 0 fully saturated rings. The summed E-state index contributed by atoms with van der Waals surface area (Å²) >= 11 is 1.18. The van der Waals surface area contributed by atoms with Gasteiger partial charge in [-0.1, -0.05) is 13.3 Å². The minimum absolute atomic E-state index is 0.0925. The molecule has 0 spiro atoms. The van der Waals surface area contributed by atoms with E-state index in [-0.39, 0.29) is 16.4 Å². The number of Topliss-reactive ketones (excluding diaryl/α,β-unsaturated/α-hetero) is 1. The lowest BCUT2D eigenvalue weighted by Gasteiger charge is -2.22. The van der Waals surface area contributed by atoms with Gasteiger partial charge in [0.1, 0.15) is 9.90 Å². The number of hydrogen-bond acceptors (Lipinski definition) is 6. The number of rotatable bonds is 7. The van der Waals surface area contributed by atoms with Crippen LogP contribution >= 0.6 is 11.3 Å². The van der Waals surface area contributed by atoms with E-state index < -0.39 is 9.84 Å². The molecule has 7 heteroatoms. The van der Waals surface area contributed by atoms with Crippen LogP contribution in [0.5, 0.6) is 0 Å².